The van der Waals surface area contributed by atoms with Crippen LogP contribution in [0.1, 0.15) is 17.7 Å². The van der Waals surface area contributed by atoms with Crippen LogP contribution < -0.4 is 10.4 Å². The summed E-state index contributed by atoms with van der Waals surface area (Å²) in [5.41, 5.74) is -0.501. The van der Waals surface area contributed by atoms with E-state index in [1.54, 1.807) is 18.2 Å². The Kier molecular flexibility index (Phi) is 8.91. The van der Waals surface area contributed by atoms with Crippen LogP contribution in [0.3, 0.4) is 0 Å². The number of nitrogens with zero attached hydrogens (tertiary/aromatic N) is 6. The second-order valence-electron chi connectivity index (χ2n) is 8.81. The minimum atomic E-state index is -5.01. The van der Waals surface area contributed by atoms with Crippen LogP contribution in [0.25, 0.3) is 17.1 Å². The zero-order chi connectivity index (χ0) is 30.1. The largest absolute Gasteiger partial charge is 0.416 e. The lowest BCUT2D eigenvalue weighted by molar-refractivity contribution is -0.207. The third-order valence-electron chi connectivity index (χ3n) is 5.66. The van der Waals surface area contributed by atoms with Gasteiger partial charge in [-0.2, -0.15) is 13.2 Å². The molecule has 0 bridgehead atoms. The third-order valence-corrected chi connectivity index (χ3v) is 6.94. The zero-order valence-corrected chi connectivity index (χ0v) is 23.3. The van der Waals surface area contributed by atoms with Crippen molar-refractivity contribution in [3.05, 3.63) is 80.7 Å². The molecule has 3 N–H and O–H groups in total. The Hall–Kier alpha value is -3.28. The molecule has 0 spiro atoms. The Balaban J connectivity index is 1.82. The predicted octanol–water partition coefficient (Wildman–Crippen LogP) is 2.15. The SMILES string of the molecule is CS(=O)(=O)NC(CO)c1nc(Cn2nc(-c3ccc(Cl)cc3)n(CC(O)C(F)(F)F)c2=O)nn1-c1ccccc1Cl. The van der Waals surface area contributed by atoms with Crippen molar-refractivity contribution in [2.75, 3.05) is 12.9 Å². The first-order valence-electron chi connectivity index (χ1n) is 11.6. The number of rotatable bonds is 10. The normalized spacial score (nSPS) is 13.9. The van der Waals surface area contributed by atoms with Gasteiger partial charge < -0.3 is 10.2 Å². The minimum absolute atomic E-state index is 0.0843. The van der Waals surface area contributed by atoms with Gasteiger partial charge in [-0.3, -0.25) is 4.57 Å². The molecule has 0 aliphatic carbocycles. The molecule has 4 aromatic rings. The van der Waals surface area contributed by atoms with Crippen LogP contribution in [0.15, 0.2) is 53.3 Å². The van der Waals surface area contributed by atoms with Crippen molar-refractivity contribution in [1.82, 2.24) is 33.8 Å². The van der Waals surface area contributed by atoms with E-state index in [0.717, 1.165) is 10.9 Å². The van der Waals surface area contributed by atoms with E-state index in [-0.39, 0.29) is 33.7 Å². The predicted molar refractivity (Wildman–Crippen MR) is 142 cm³/mol. The second-order valence-corrected chi connectivity index (χ2v) is 11.4. The minimum Gasteiger partial charge on any atom is -0.394 e. The number of hydrogen-bond acceptors (Lipinski definition) is 8. The van der Waals surface area contributed by atoms with Crippen molar-refractivity contribution in [2.24, 2.45) is 0 Å². The summed E-state index contributed by atoms with van der Waals surface area (Å²) in [6.07, 6.45) is -6.98. The van der Waals surface area contributed by atoms with Crippen molar-refractivity contribution >= 4 is 33.2 Å². The average Bonchev–Trinajstić information content (AvgIpc) is 3.44. The first-order chi connectivity index (χ1) is 19.2. The lowest BCUT2D eigenvalue weighted by Crippen LogP contribution is -2.37. The number of hydrogen-bond donors (Lipinski definition) is 3. The van der Waals surface area contributed by atoms with E-state index in [9.17, 15) is 36.6 Å². The van der Waals surface area contributed by atoms with E-state index in [4.69, 9.17) is 23.2 Å². The summed E-state index contributed by atoms with van der Waals surface area (Å²) in [5.74, 6) is -0.383. The van der Waals surface area contributed by atoms with Gasteiger partial charge in [0.05, 0.1) is 30.1 Å². The summed E-state index contributed by atoms with van der Waals surface area (Å²) in [6.45, 7) is -2.34. The molecule has 2 atom stereocenters. The van der Waals surface area contributed by atoms with Gasteiger partial charge >= 0.3 is 11.9 Å². The number of sulfonamides is 1. The molecule has 0 aliphatic heterocycles. The van der Waals surface area contributed by atoms with Crippen LogP contribution in [0.5, 0.6) is 0 Å². The Morgan fingerprint density at radius 3 is 2.32 bits per heavy atom. The first-order valence-corrected chi connectivity index (χ1v) is 14.3. The molecule has 41 heavy (non-hydrogen) atoms. The molecule has 0 saturated carbocycles. The van der Waals surface area contributed by atoms with E-state index in [1.165, 1.54) is 35.0 Å². The Morgan fingerprint density at radius 1 is 1.07 bits per heavy atom. The monoisotopic (exact) mass is 635 g/mol. The molecule has 0 radical (unpaired) electrons. The van der Waals surface area contributed by atoms with Crippen molar-refractivity contribution in [2.45, 2.75) is 31.4 Å². The molecule has 0 fully saturated rings. The smallest absolute Gasteiger partial charge is 0.394 e. The summed E-state index contributed by atoms with van der Waals surface area (Å²) < 4.78 is 68.2. The standard InChI is InChI=1S/C23H22Cl2F3N7O5S/c1-41(39,40)32-16(12-36)21-29-19(30-35(21)17-5-3-2-4-15(17)25)11-34-22(38)33(10-18(37)23(26,27)28)20(31-34)13-6-8-14(24)9-7-13/h2-9,16,18,32,36-37H,10-12H2,1H3. The van der Waals surface area contributed by atoms with Gasteiger partial charge in [0.25, 0.3) is 0 Å². The molecule has 2 unspecified atom stereocenters. The topological polar surface area (TPSA) is 157 Å². The molecule has 18 heteroatoms. The number of alkyl halides is 3. The number of para-hydroxylation sites is 1. The van der Waals surface area contributed by atoms with Crippen LogP contribution >= 0.6 is 23.2 Å². The molecule has 0 saturated heterocycles. The number of benzene rings is 2. The third kappa shape index (κ3) is 7.14. The van der Waals surface area contributed by atoms with Crippen LogP contribution in [0.4, 0.5) is 13.2 Å². The van der Waals surface area contributed by atoms with Gasteiger partial charge in [0.1, 0.15) is 12.6 Å². The van der Waals surface area contributed by atoms with Crippen LogP contribution in [-0.4, -0.2) is 72.9 Å². The highest BCUT2D eigenvalue weighted by Crippen LogP contribution is 2.26. The summed E-state index contributed by atoms with van der Waals surface area (Å²) in [7, 11) is -3.83. The highest BCUT2D eigenvalue weighted by atomic mass is 35.5. The number of aliphatic hydroxyl groups excluding tert-OH is 2. The van der Waals surface area contributed by atoms with Crippen LogP contribution in [0, 0.1) is 0 Å². The quantitative estimate of drug-likeness (QED) is 0.239. The molecule has 0 amide bonds. The zero-order valence-electron chi connectivity index (χ0n) is 21.0. The summed E-state index contributed by atoms with van der Waals surface area (Å²) in [5, 5.41) is 28.6. The van der Waals surface area contributed by atoms with E-state index < -0.39 is 53.7 Å². The maximum atomic E-state index is 13.2. The van der Waals surface area contributed by atoms with E-state index >= 15 is 0 Å². The lowest BCUT2D eigenvalue weighted by atomic mass is 10.2. The molecule has 4 rings (SSSR count). The molecule has 2 aromatic carbocycles. The van der Waals surface area contributed by atoms with E-state index in [1.807, 2.05) is 0 Å². The highest BCUT2D eigenvalue weighted by molar-refractivity contribution is 7.88. The van der Waals surface area contributed by atoms with Crippen molar-refractivity contribution in [1.29, 1.82) is 0 Å². The number of nitrogens with one attached hydrogen (secondary N) is 1. The fourth-order valence-corrected chi connectivity index (χ4v) is 4.86. The summed E-state index contributed by atoms with van der Waals surface area (Å²) >= 11 is 12.2. The molecule has 0 aliphatic rings. The number of halogens is 5. The second kappa shape index (κ2) is 11.9. The maximum Gasteiger partial charge on any atom is 0.416 e. The van der Waals surface area contributed by atoms with Crippen molar-refractivity contribution in [3.63, 3.8) is 0 Å². The van der Waals surface area contributed by atoms with Crippen molar-refractivity contribution in [3.8, 4) is 17.1 Å². The summed E-state index contributed by atoms with van der Waals surface area (Å²) in [4.78, 5) is 17.5. The molecule has 2 aromatic heterocycles. The van der Waals surface area contributed by atoms with Gasteiger partial charge in [-0.05, 0) is 36.4 Å². The van der Waals surface area contributed by atoms with Gasteiger partial charge in [0.2, 0.25) is 10.0 Å². The Bertz CT molecular complexity index is 1710. The average molecular weight is 636 g/mol. The molecular weight excluding hydrogens is 614 g/mol. The lowest BCUT2D eigenvalue weighted by Gasteiger charge is -2.15. The Labute approximate surface area is 240 Å². The molecule has 220 valence electrons. The number of aromatic nitrogens is 6. The fraction of sp³-hybridized carbons (Fsp3) is 0.304. The van der Waals surface area contributed by atoms with Crippen LogP contribution in [-0.2, 0) is 23.1 Å². The first kappa shape index (κ1) is 30.7. The number of aliphatic hydroxyl groups is 2. The van der Waals surface area contributed by atoms with Gasteiger partial charge in [0, 0.05) is 10.6 Å². The molecular formula is C23H22Cl2F3N7O5S. The van der Waals surface area contributed by atoms with E-state index in [2.05, 4.69) is 19.9 Å². The highest BCUT2D eigenvalue weighted by Gasteiger charge is 2.39. The van der Waals surface area contributed by atoms with E-state index in [0.29, 0.717) is 9.59 Å². The fourth-order valence-electron chi connectivity index (χ4n) is 3.82. The van der Waals surface area contributed by atoms with Crippen LogP contribution in [0.2, 0.25) is 10.0 Å². The van der Waals surface area contributed by atoms with Gasteiger partial charge in [0.15, 0.2) is 23.6 Å². The maximum absolute atomic E-state index is 13.2. The summed E-state index contributed by atoms with van der Waals surface area (Å²) in [6, 6.07) is 10.9. The Morgan fingerprint density at radius 2 is 1.73 bits per heavy atom. The van der Waals surface area contributed by atoms with Gasteiger partial charge in [-0.15, -0.1) is 10.2 Å². The van der Waals surface area contributed by atoms with Crippen molar-refractivity contribution < 1.29 is 31.8 Å². The van der Waals surface area contributed by atoms with Gasteiger partial charge in [-0.25, -0.2) is 32.3 Å². The molecule has 2 heterocycles. The van der Waals surface area contributed by atoms with Gasteiger partial charge in [-0.1, -0.05) is 35.3 Å². The molecule has 12 nitrogen and oxygen atoms in total.